The molecule has 2 fully saturated rings. The third-order valence-electron chi connectivity index (χ3n) is 7.46. The number of rotatable bonds is 5. The molecule has 0 aliphatic heterocycles. The molecule has 0 heterocycles. The lowest BCUT2D eigenvalue weighted by atomic mass is 9.45. The summed E-state index contributed by atoms with van der Waals surface area (Å²) in [4.78, 5) is 12.4. The Morgan fingerprint density at radius 1 is 1.17 bits per heavy atom. The van der Waals surface area contributed by atoms with Gasteiger partial charge in [-0.25, -0.2) is 0 Å². The Kier molecular flexibility index (Phi) is 4.53. The standard InChI is InChI=1S/C22H33NO/c1-4-11-21(5-2)12-13-22(17-9-7-6-8-10-17)15-18(21)14-20(3,16-22)19(23)24/h6-10,18H,4-5,11-16H2,1-3H3,(H2,23,24). The molecular formula is C22H33NO. The van der Waals surface area contributed by atoms with E-state index in [0.717, 1.165) is 12.8 Å². The van der Waals surface area contributed by atoms with E-state index >= 15 is 0 Å². The summed E-state index contributed by atoms with van der Waals surface area (Å²) < 4.78 is 0. The smallest absolute Gasteiger partial charge is 0.223 e. The molecule has 24 heavy (non-hydrogen) atoms. The number of hydrogen-bond donors (Lipinski definition) is 1. The van der Waals surface area contributed by atoms with Gasteiger partial charge in [-0.15, -0.1) is 0 Å². The first-order chi connectivity index (χ1) is 11.4. The summed E-state index contributed by atoms with van der Waals surface area (Å²) in [6, 6.07) is 10.9. The summed E-state index contributed by atoms with van der Waals surface area (Å²) >= 11 is 0. The largest absolute Gasteiger partial charge is 0.369 e. The predicted octanol–water partition coefficient (Wildman–Crippen LogP) is 5.21. The molecule has 2 bridgehead atoms. The summed E-state index contributed by atoms with van der Waals surface area (Å²) in [5, 5.41) is 0. The van der Waals surface area contributed by atoms with Crippen LogP contribution in [0.5, 0.6) is 0 Å². The molecule has 2 aliphatic rings. The van der Waals surface area contributed by atoms with Gasteiger partial charge in [0.2, 0.25) is 5.91 Å². The van der Waals surface area contributed by atoms with Crippen LogP contribution in [0.1, 0.15) is 77.7 Å². The molecule has 2 nitrogen and oxygen atoms in total. The highest BCUT2D eigenvalue weighted by atomic mass is 16.1. The molecule has 4 atom stereocenters. The Morgan fingerprint density at radius 3 is 2.46 bits per heavy atom. The Bertz CT molecular complexity index is 597. The van der Waals surface area contributed by atoms with Gasteiger partial charge >= 0.3 is 0 Å². The molecule has 0 aromatic heterocycles. The van der Waals surface area contributed by atoms with Crippen LogP contribution in [0.3, 0.4) is 0 Å². The third-order valence-corrected chi connectivity index (χ3v) is 7.46. The first kappa shape index (κ1) is 17.5. The van der Waals surface area contributed by atoms with E-state index in [2.05, 4.69) is 51.1 Å². The number of hydrogen-bond acceptors (Lipinski definition) is 1. The van der Waals surface area contributed by atoms with Crippen LogP contribution in [-0.4, -0.2) is 5.91 Å². The van der Waals surface area contributed by atoms with Crippen LogP contribution in [0.4, 0.5) is 0 Å². The second kappa shape index (κ2) is 6.20. The van der Waals surface area contributed by atoms with E-state index in [1.165, 1.54) is 44.1 Å². The van der Waals surface area contributed by atoms with Gasteiger partial charge < -0.3 is 5.73 Å². The lowest BCUT2D eigenvalue weighted by Gasteiger charge is -2.59. The molecule has 2 saturated carbocycles. The number of carbonyl (C=O) groups is 1. The minimum absolute atomic E-state index is 0.101. The number of nitrogens with two attached hydrogens (primary N) is 1. The quantitative estimate of drug-likeness (QED) is 0.793. The maximum atomic E-state index is 12.4. The predicted molar refractivity (Wildman–Crippen MR) is 99.6 cm³/mol. The highest BCUT2D eigenvalue weighted by Crippen LogP contribution is 2.63. The summed E-state index contributed by atoms with van der Waals surface area (Å²) in [5.74, 6) is 0.513. The molecule has 1 aromatic carbocycles. The van der Waals surface area contributed by atoms with Crippen LogP contribution < -0.4 is 5.73 Å². The molecule has 0 spiro atoms. The molecule has 1 amide bonds. The molecule has 0 saturated heterocycles. The number of benzene rings is 1. The molecular weight excluding hydrogens is 294 g/mol. The number of fused-ring (bicyclic) bond motifs is 2. The van der Waals surface area contributed by atoms with Crippen LogP contribution in [0, 0.1) is 16.7 Å². The van der Waals surface area contributed by atoms with Crippen molar-refractivity contribution in [2.24, 2.45) is 22.5 Å². The SMILES string of the molecule is CCCC1(CC)CCC2(c3ccccc3)CC1CC(C)(C(N)=O)C2. The van der Waals surface area contributed by atoms with Crippen LogP contribution >= 0.6 is 0 Å². The lowest BCUT2D eigenvalue weighted by molar-refractivity contribution is -0.137. The van der Waals surface area contributed by atoms with Crippen LogP contribution in [0.2, 0.25) is 0 Å². The van der Waals surface area contributed by atoms with Crippen molar-refractivity contribution in [2.75, 3.05) is 0 Å². The van der Waals surface area contributed by atoms with Gasteiger partial charge in [0.1, 0.15) is 0 Å². The molecule has 2 aliphatic carbocycles. The average molecular weight is 328 g/mol. The normalized spacial score (nSPS) is 38.7. The van der Waals surface area contributed by atoms with Gasteiger partial charge in [-0.1, -0.05) is 63.9 Å². The molecule has 132 valence electrons. The van der Waals surface area contributed by atoms with Crippen molar-refractivity contribution in [3.05, 3.63) is 35.9 Å². The molecule has 0 radical (unpaired) electrons. The van der Waals surface area contributed by atoms with Gasteiger partial charge in [-0.05, 0) is 60.8 Å². The molecule has 4 unspecified atom stereocenters. The van der Waals surface area contributed by atoms with Gasteiger partial charge in [0.05, 0.1) is 0 Å². The monoisotopic (exact) mass is 327 g/mol. The second-order valence-corrected chi connectivity index (χ2v) is 8.82. The van der Waals surface area contributed by atoms with Gasteiger partial charge in [0.25, 0.3) is 0 Å². The fraction of sp³-hybridized carbons (Fsp3) is 0.682. The summed E-state index contributed by atoms with van der Waals surface area (Å²) in [6.45, 7) is 6.77. The highest BCUT2D eigenvalue weighted by molar-refractivity contribution is 5.80. The van der Waals surface area contributed by atoms with E-state index < -0.39 is 0 Å². The number of carbonyl (C=O) groups excluding carboxylic acids is 1. The van der Waals surface area contributed by atoms with Gasteiger partial charge in [-0.2, -0.15) is 0 Å². The summed E-state index contributed by atoms with van der Waals surface area (Å²) in [6.07, 6.45) is 9.37. The minimum atomic E-state index is -0.368. The Morgan fingerprint density at radius 2 is 1.88 bits per heavy atom. The van der Waals surface area contributed by atoms with Crippen molar-refractivity contribution in [3.63, 3.8) is 0 Å². The molecule has 2 heteroatoms. The van der Waals surface area contributed by atoms with E-state index in [0.29, 0.717) is 11.3 Å². The van der Waals surface area contributed by atoms with Crippen molar-refractivity contribution >= 4 is 5.91 Å². The van der Waals surface area contributed by atoms with Crippen molar-refractivity contribution in [1.82, 2.24) is 0 Å². The molecule has 3 rings (SSSR count). The zero-order valence-electron chi connectivity index (χ0n) is 15.6. The number of amides is 1. The second-order valence-electron chi connectivity index (χ2n) is 8.82. The first-order valence-corrected chi connectivity index (χ1v) is 9.75. The zero-order chi connectivity index (χ0) is 17.4. The fourth-order valence-corrected chi connectivity index (χ4v) is 6.11. The van der Waals surface area contributed by atoms with E-state index in [-0.39, 0.29) is 16.7 Å². The summed E-state index contributed by atoms with van der Waals surface area (Å²) in [7, 11) is 0. The van der Waals surface area contributed by atoms with Crippen molar-refractivity contribution < 1.29 is 4.79 Å². The maximum absolute atomic E-state index is 12.4. The Labute approximate surface area is 147 Å². The lowest BCUT2D eigenvalue weighted by Crippen LogP contribution is -2.55. The topological polar surface area (TPSA) is 43.1 Å². The highest BCUT2D eigenvalue weighted by Gasteiger charge is 2.57. The average Bonchev–Trinajstić information content (AvgIpc) is 2.58. The minimum Gasteiger partial charge on any atom is -0.369 e. The zero-order valence-corrected chi connectivity index (χ0v) is 15.6. The van der Waals surface area contributed by atoms with E-state index in [1.807, 2.05) is 0 Å². The van der Waals surface area contributed by atoms with Crippen LogP contribution in [-0.2, 0) is 10.2 Å². The van der Waals surface area contributed by atoms with Crippen LogP contribution in [0.25, 0.3) is 0 Å². The van der Waals surface area contributed by atoms with E-state index in [4.69, 9.17) is 5.73 Å². The molecule has 2 N–H and O–H groups in total. The fourth-order valence-electron chi connectivity index (χ4n) is 6.11. The van der Waals surface area contributed by atoms with Crippen molar-refractivity contribution in [1.29, 1.82) is 0 Å². The van der Waals surface area contributed by atoms with Gasteiger partial charge in [0, 0.05) is 5.41 Å². The maximum Gasteiger partial charge on any atom is 0.223 e. The third kappa shape index (κ3) is 2.68. The molecule has 1 aromatic rings. The van der Waals surface area contributed by atoms with E-state index in [9.17, 15) is 4.79 Å². The number of primary amides is 1. The van der Waals surface area contributed by atoms with Gasteiger partial charge in [0.15, 0.2) is 0 Å². The van der Waals surface area contributed by atoms with E-state index in [1.54, 1.807) is 0 Å². The Hall–Kier alpha value is -1.31. The van der Waals surface area contributed by atoms with Gasteiger partial charge in [-0.3, -0.25) is 4.79 Å². The Balaban J connectivity index is 2.05. The first-order valence-electron chi connectivity index (χ1n) is 9.75. The van der Waals surface area contributed by atoms with Crippen molar-refractivity contribution in [3.8, 4) is 0 Å². The van der Waals surface area contributed by atoms with Crippen molar-refractivity contribution in [2.45, 2.75) is 77.6 Å². The van der Waals surface area contributed by atoms with Crippen LogP contribution in [0.15, 0.2) is 30.3 Å². The summed E-state index contributed by atoms with van der Waals surface area (Å²) in [5.41, 5.74) is 7.50.